The molecule has 97 valence electrons. The van der Waals surface area contributed by atoms with Crippen molar-refractivity contribution in [3.05, 3.63) is 41.3 Å². The van der Waals surface area contributed by atoms with Crippen LogP contribution in [0.1, 0.15) is 40.7 Å². The van der Waals surface area contributed by atoms with Crippen LogP contribution in [0.4, 0.5) is 13.2 Å². The predicted octanol–water partition coefficient (Wildman–Crippen LogP) is 3.16. The van der Waals surface area contributed by atoms with E-state index in [1.54, 1.807) is 6.42 Å². The Morgan fingerprint density at radius 3 is 2.44 bits per heavy atom. The first-order chi connectivity index (χ1) is 8.39. The number of hydrogen-bond acceptors (Lipinski definition) is 1. The lowest BCUT2D eigenvalue weighted by Gasteiger charge is -2.26. The highest BCUT2D eigenvalue weighted by Crippen LogP contribution is 2.39. The number of carbonyl (C=O) groups excluding carboxylic acids is 1. The van der Waals surface area contributed by atoms with E-state index in [0.29, 0.717) is 0 Å². The summed E-state index contributed by atoms with van der Waals surface area (Å²) in [7, 11) is 0. The van der Waals surface area contributed by atoms with Crippen LogP contribution in [0.25, 0.3) is 0 Å². The van der Waals surface area contributed by atoms with Gasteiger partial charge in [-0.25, -0.2) is 0 Å². The van der Waals surface area contributed by atoms with Gasteiger partial charge in [0.2, 0.25) is 5.91 Å². The van der Waals surface area contributed by atoms with Crippen LogP contribution in [0.2, 0.25) is 0 Å². The molecule has 2 rings (SSSR count). The molecule has 1 aromatic rings. The summed E-state index contributed by atoms with van der Waals surface area (Å²) in [6, 6.07) is 3.93. The van der Waals surface area contributed by atoms with Gasteiger partial charge < -0.3 is 5.73 Å². The molecule has 1 fully saturated rings. The van der Waals surface area contributed by atoms with Crippen molar-refractivity contribution in [1.82, 2.24) is 0 Å². The van der Waals surface area contributed by atoms with Crippen molar-refractivity contribution in [3.8, 4) is 0 Å². The number of halogens is 3. The van der Waals surface area contributed by atoms with Crippen molar-refractivity contribution < 1.29 is 18.0 Å². The lowest BCUT2D eigenvalue weighted by atomic mass is 9.79. The van der Waals surface area contributed by atoms with Gasteiger partial charge in [0.1, 0.15) is 0 Å². The van der Waals surface area contributed by atoms with Crippen LogP contribution >= 0.6 is 0 Å². The molecule has 2 N–H and O–H groups in total. The Labute approximate surface area is 103 Å². The minimum Gasteiger partial charge on any atom is -0.366 e. The zero-order chi connectivity index (χ0) is 13.3. The van der Waals surface area contributed by atoms with Crippen molar-refractivity contribution in [2.24, 2.45) is 11.7 Å². The number of alkyl halides is 3. The maximum Gasteiger partial charge on any atom is 0.417 e. The minimum absolute atomic E-state index is 0.0588. The number of rotatable bonds is 3. The van der Waals surface area contributed by atoms with Crippen LogP contribution in [-0.2, 0) is 6.18 Å². The molecule has 1 radical (unpaired) electrons. The third-order valence-electron chi connectivity index (χ3n) is 3.21. The lowest BCUT2D eigenvalue weighted by Crippen LogP contribution is -2.22. The number of hydrogen-bond donors (Lipinski definition) is 1. The fourth-order valence-corrected chi connectivity index (χ4v) is 2.09. The summed E-state index contributed by atoms with van der Waals surface area (Å²) in [6.45, 7) is 0. The second-order valence-corrected chi connectivity index (χ2v) is 4.49. The van der Waals surface area contributed by atoms with Gasteiger partial charge in [0.25, 0.3) is 0 Å². The Hall–Kier alpha value is -1.52. The number of primary amides is 1. The molecule has 0 bridgehead atoms. The molecule has 1 saturated carbocycles. The van der Waals surface area contributed by atoms with Gasteiger partial charge >= 0.3 is 6.18 Å². The molecule has 0 aliphatic heterocycles. The second kappa shape index (κ2) is 4.63. The van der Waals surface area contributed by atoms with Crippen molar-refractivity contribution in [3.63, 3.8) is 0 Å². The maximum absolute atomic E-state index is 13.0. The quantitative estimate of drug-likeness (QED) is 0.886. The molecule has 1 aliphatic rings. The number of nitrogens with two attached hydrogens (primary N) is 1. The van der Waals surface area contributed by atoms with Gasteiger partial charge in [-0.3, -0.25) is 4.79 Å². The summed E-state index contributed by atoms with van der Waals surface area (Å²) in [5.41, 5.74) is 3.69. The van der Waals surface area contributed by atoms with Crippen LogP contribution in [0, 0.1) is 12.3 Å². The third-order valence-corrected chi connectivity index (χ3v) is 3.21. The number of carbonyl (C=O) groups is 1. The van der Waals surface area contributed by atoms with Crippen molar-refractivity contribution in [1.29, 1.82) is 0 Å². The molecule has 0 unspecified atom stereocenters. The van der Waals surface area contributed by atoms with E-state index in [4.69, 9.17) is 5.73 Å². The topological polar surface area (TPSA) is 43.1 Å². The monoisotopic (exact) mass is 256 g/mol. The van der Waals surface area contributed by atoms with Crippen LogP contribution < -0.4 is 5.73 Å². The van der Waals surface area contributed by atoms with Crippen LogP contribution in [0.5, 0.6) is 0 Å². The minimum atomic E-state index is -4.57. The number of benzene rings is 1. The Morgan fingerprint density at radius 2 is 2.00 bits per heavy atom. The van der Waals surface area contributed by atoms with Crippen molar-refractivity contribution in [2.75, 3.05) is 0 Å². The van der Waals surface area contributed by atoms with Crippen LogP contribution in [0.3, 0.4) is 0 Å². The van der Waals surface area contributed by atoms with E-state index in [9.17, 15) is 18.0 Å². The highest BCUT2D eigenvalue weighted by Gasteiger charge is 2.38. The summed E-state index contributed by atoms with van der Waals surface area (Å²) in [4.78, 5) is 11.1. The molecular weight excluding hydrogens is 243 g/mol. The molecule has 18 heavy (non-hydrogen) atoms. The smallest absolute Gasteiger partial charge is 0.366 e. The Morgan fingerprint density at radius 1 is 1.33 bits per heavy atom. The van der Waals surface area contributed by atoms with Crippen LogP contribution in [-0.4, -0.2) is 5.91 Å². The van der Waals surface area contributed by atoms with Crippen LogP contribution in [0.15, 0.2) is 18.2 Å². The zero-order valence-corrected chi connectivity index (χ0v) is 9.63. The summed E-state index contributed by atoms with van der Waals surface area (Å²) in [5, 5.41) is 0. The highest BCUT2D eigenvalue weighted by molar-refractivity contribution is 5.95. The van der Waals surface area contributed by atoms with Crippen molar-refractivity contribution in [2.45, 2.75) is 25.4 Å². The predicted molar refractivity (Wildman–Crippen MR) is 60.7 cm³/mol. The summed E-state index contributed by atoms with van der Waals surface area (Å²) in [6.07, 6.45) is -0.131. The van der Waals surface area contributed by atoms with E-state index >= 15 is 0 Å². The van der Waals surface area contributed by atoms with E-state index in [1.807, 2.05) is 0 Å². The summed E-state index contributed by atoms with van der Waals surface area (Å²) < 4.78 is 39.0. The highest BCUT2D eigenvalue weighted by atomic mass is 19.4. The maximum atomic E-state index is 13.0. The summed E-state index contributed by atoms with van der Waals surface area (Å²) in [5.74, 6) is -0.875. The van der Waals surface area contributed by atoms with Gasteiger partial charge in [-0.15, -0.1) is 0 Å². The molecule has 0 heterocycles. The molecule has 1 amide bonds. The SMILES string of the molecule is NC(=O)c1cccc([CH]C2CCC2)c1C(F)(F)F. The average Bonchev–Trinajstić information content (AvgIpc) is 2.21. The van der Waals surface area contributed by atoms with E-state index in [-0.39, 0.29) is 11.5 Å². The first-order valence-electron chi connectivity index (χ1n) is 5.74. The molecular formula is C13H13F3NO. The Kier molecular flexibility index (Phi) is 3.32. The van der Waals surface area contributed by atoms with Gasteiger partial charge in [0, 0.05) is 0 Å². The van der Waals surface area contributed by atoms with E-state index in [1.165, 1.54) is 12.1 Å². The third kappa shape index (κ3) is 2.49. The fraction of sp³-hybridized carbons (Fsp3) is 0.385. The molecule has 1 aromatic carbocycles. The largest absolute Gasteiger partial charge is 0.417 e. The van der Waals surface area contributed by atoms with Gasteiger partial charge in [0.05, 0.1) is 11.1 Å². The summed E-state index contributed by atoms with van der Waals surface area (Å²) >= 11 is 0. The van der Waals surface area contributed by atoms with Gasteiger partial charge in [-0.2, -0.15) is 13.2 Å². The molecule has 0 aromatic heterocycles. The standard InChI is InChI=1S/C13H13F3NO/c14-13(15,16)11-9(7-8-3-1-4-8)5-2-6-10(11)12(17)18/h2,5-8H,1,3-4H2,(H2,17,18). The first-order valence-corrected chi connectivity index (χ1v) is 5.74. The molecule has 0 spiro atoms. The molecule has 0 atom stereocenters. The van der Waals surface area contributed by atoms with Gasteiger partial charge in [-0.05, 0) is 36.8 Å². The van der Waals surface area contributed by atoms with Crippen molar-refractivity contribution >= 4 is 5.91 Å². The second-order valence-electron chi connectivity index (χ2n) is 4.49. The molecule has 2 nitrogen and oxygen atoms in total. The zero-order valence-electron chi connectivity index (χ0n) is 9.63. The lowest BCUT2D eigenvalue weighted by molar-refractivity contribution is -0.138. The molecule has 5 heteroatoms. The normalized spacial score (nSPS) is 16.4. The van der Waals surface area contributed by atoms with Gasteiger partial charge in [-0.1, -0.05) is 18.6 Å². The van der Waals surface area contributed by atoms with E-state index in [0.717, 1.165) is 25.3 Å². The van der Waals surface area contributed by atoms with E-state index < -0.39 is 23.2 Å². The Balaban J connectivity index is 2.43. The fourth-order valence-electron chi connectivity index (χ4n) is 2.09. The molecule has 0 saturated heterocycles. The van der Waals surface area contributed by atoms with E-state index in [2.05, 4.69) is 0 Å². The number of amides is 1. The van der Waals surface area contributed by atoms with Gasteiger partial charge in [0.15, 0.2) is 0 Å². The first kappa shape index (κ1) is 12.9. The Bertz CT molecular complexity index is 464. The molecule has 1 aliphatic carbocycles. The average molecular weight is 256 g/mol.